The monoisotopic (exact) mass is 479 g/mol. The van der Waals surface area contributed by atoms with Crippen molar-refractivity contribution in [1.29, 1.82) is 0 Å². The third-order valence-corrected chi connectivity index (χ3v) is 6.02. The van der Waals surface area contributed by atoms with Gasteiger partial charge in [-0.05, 0) is 69.0 Å². The first-order valence-corrected chi connectivity index (χ1v) is 11.9. The van der Waals surface area contributed by atoms with Crippen LogP contribution in [0.15, 0.2) is 34.9 Å². The third-order valence-electron chi connectivity index (χ3n) is 6.02. The minimum absolute atomic E-state index is 0.0319. The Morgan fingerprint density at radius 2 is 2.09 bits per heavy atom. The van der Waals surface area contributed by atoms with Crippen LogP contribution in [0.1, 0.15) is 37.5 Å². The second kappa shape index (κ2) is 10.5. The number of benzene rings is 2. The minimum atomic E-state index is -0.552. The van der Waals surface area contributed by atoms with Gasteiger partial charge in [-0.25, -0.2) is 0 Å². The topological polar surface area (TPSA) is 127 Å². The number of nitrogens with one attached hydrogen (secondary N) is 1. The summed E-state index contributed by atoms with van der Waals surface area (Å²) in [4.78, 5) is 18.9. The first kappa shape index (κ1) is 24.7. The van der Waals surface area contributed by atoms with Crippen LogP contribution >= 0.6 is 0 Å². The molecule has 0 saturated carbocycles. The maximum absolute atomic E-state index is 12.1. The van der Waals surface area contributed by atoms with Gasteiger partial charge in [0.05, 0.1) is 24.4 Å². The van der Waals surface area contributed by atoms with Crippen molar-refractivity contribution in [3.63, 3.8) is 0 Å². The van der Waals surface area contributed by atoms with Crippen LogP contribution in [0.4, 0.5) is 5.69 Å². The van der Waals surface area contributed by atoms with Gasteiger partial charge < -0.3 is 25.4 Å². The summed E-state index contributed by atoms with van der Waals surface area (Å²) in [5.41, 5.74) is 11.9. The number of nitrogen functional groups attached to an aromatic ring is 1. The largest absolute Gasteiger partial charge is 0.489 e. The third kappa shape index (κ3) is 5.80. The highest BCUT2D eigenvalue weighted by Crippen LogP contribution is 2.32. The summed E-state index contributed by atoms with van der Waals surface area (Å²) in [5.74, 6) is 1.48. The Kier molecular flexibility index (Phi) is 7.37. The summed E-state index contributed by atoms with van der Waals surface area (Å²) < 4.78 is 11.3. The molecule has 9 heteroatoms. The maximum Gasteiger partial charge on any atom is 0.258 e. The molecule has 35 heavy (non-hydrogen) atoms. The van der Waals surface area contributed by atoms with Gasteiger partial charge in [-0.2, -0.15) is 4.98 Å². The van der Waals surface area contributed by atoms with Gasteiger partial charge in [0.1, 0.15) is 5.75 Å². The van der Waals surface area contributed by atoms with Gasteiger partial charge in [-0.15, -0.1) is 0 Å². The van der Waals surface area contributed by atoms with E-state index in [1.54, 1.807) is 13.0 Å². The Labute approximate surface area is 205 Å². The number of hydrogen-bond donors (Lipinski definition) is 3. The Bertz CT molecular complexity index is 1200. The molecule has 0 radical (unpaired) electrons. The molecule has 4 rings (SSSR count). The van der Waals surface area contributed by atoms with Crippen LogP contribution in [-0.2, 0) is 17.8 Å². The van der Waals surface area contributed by atoms with Crippen molar-refractivity contribution in [2.75, 3.05) is 25.4 Å². The van der Waals surface area contributed by atoms with Gasteiger partial charge in [0.15, 0.2) is 0 Å². The van der Waals surface area contributed by atoms with Crippen LogP contribution in [0.3, 0.4) is 0 Å². The Balaban J connectivity index is 1.48. The average molecular weight is 480 g/mol. The van der Waals surface area contributed by atoms with Crippen LogP contribution in [0.2, 0.25) is 0 Å². The van der Waals surface area contributed by atoms with Gasteiger partial charge in [-0.1, -0.05) is 17.3 Å². The van der Waals surface area contributed by atoms with Crippen LogP contribution in [0, 0.1) is 6.92 Å². The molecule has 0 saturated heterocycles. The van der Waals surface area contributed by atoms with Crippen LogP contribution in [0.25, 0.3) is 22.8 Å². The van der Waals surface area contributed by atoms with E-state index >= 15 is 0 Å². The van der Waals surface area contributed by atoms with Crippen LogP contribution in [0.5, 0.6) is 5.75 Å². The quantitative estimate of drug-likeness (QED) is 0.421. The molecule has 0 spiro atoms. The highest BCUT2D eigenvalue weighted by atomic mass is 16.5. The molecule has 0 aliphatic carbocycles. The zero-order valence-electron chi connectivity index (χ0n) is 20.7. The predicted octanol–water partition coefficient (Wildman–Crippen LogP) is 2.94. The summed E-state index contributed by atoms with van der Waals surface area (Å²) in [7, 11) is 0. The van der Waals surface area contributed by atoms with E-state index in [9.17, 15) is 9.90 Å². The van der Waals surface area contributed by atoms with E-state index in [2.05, 4.69) is 33.3 Å². The van der Waals surface area contributed by atoms with E-state index in [4.69, 9.17) is 15.0 Å². The van der Waals surface area contributed by atoms with Gasteiger partial charge in [0, 0.05) is 30.8 Å². The molecule has 1 aliphatic heterocycles. The highest BCUT2D eigenvalue weighted by molar-refractivity contribution is 5.78. The van der Waals surface area contributed by atoms with Crippen LogP contribution in [-0.4, -0.2) is 57.9 Å². The van der Waals surface area contributed by atoms with Crippen molar-refractivity contribution in [3.8, 4) is 28.6 Å². The fourth-order valence-corrected chi connectivity index (χ4v) is 4.29. The lowest BCUT2D eigenvalue weighted by molar-refractivity contribution is -0.122. The average Bonchev–Trinajstić information content (AvgIpc) is 3.29. The minimum Gasteiger partial charge on any atom is -0.489 e. The summed E-state index contributed by atoms with van der Waals surface area (Å²) >= 11 is 0. The Hall–Kier alpha value is -3.43. The number of aliphatic hydroxyl groups is 1. The van der Waals surface area contributed by atoms with Gasteiger partial charge >= 0.3 is 0 Å². The number of anilines is 1. The molecule has 4 N–H and O–H groups in total. The van der Waals surface area contributed by atoms with Crippen molar-refractivity contribution >= 4 is 11.6 Å². The number of hydrogen-bond acceptors (Lipinski definition) is 8. The normalized spacial score (nSPS) is 14.6. The molecular weight excluding hydrogens is 446 g/mol. The van der Waals surface area contributed by atoms with Crippen molar-refractivity contribution in [2.45, 2.75) is 52.9 Å². The van der Waals surface area contributed by atoms with E-state index < -0.39 is 6.10 Å². The lowest BCUT2D eigenvalue weighted by atomic mass is 9.91. The first-order valence-electron chi connectivity index (χ1n) is 11.9. The number of carbonyl (C=O) groups is 1. The number of rotatable bonds is 8. The molecule has 9 nitrogen and oxygen atoms in total. The van der Waals surface area contributed by atoms with Crippen molar-refractivity contribution in [3.05, 3.63) is 47.0 Å². The molecule has 2 aromatic carbocycles. The fraction of sp³-hybridized carbons (Fsp3) is 0.423. The molecule has 1 amide bonds. The molecule has 0 bridgehead atoms. The number of ether oxygens (including phenoxy) is 1. The van der Waals surface area contributed by atoms with Gasteiger partial charge in [0.2, 0.25) is 11.7 Å². The number of aliphatic hydroxyl groups excluding tert-OH is 1. The van der Waals surface area contributed by atoms with Crippen molar-refractivity contribution in [1.82, 2.24) is 20.4 Å². The van der Waals surface area contributed by atoms with Gasteiger partial charge in [0.25, 0.3) is 5.89 Å². The number of nitrogens with two attached hydrogens (primary N) is 1. The van der Waals surface area contributed by atoms with E-state index in [1.807, 2.05) is 32.0 Å². The summed E-state index contributed by atoms with van der Waals surface area (Å²) in [6.07, 6.45) is 0.310. The number of amides is 1. The zero-order valence-corrected chi connectivity index (χ0v) is 20.7. The lowest BCUT2D eigenvalue weighted by Gasteiger charge is -2.29. The smallest absolute Gasteiger partial charge is 0.258 e. The van der Waals surface area contributed by atoms with E-state index in [-0.39, 0.29) is 18.6 Å². The molecule has 2 heterocycles. The molecule has 186 valence electrons. The fourth-order valence-electron chi connectivity index (χ4n) is 4.29. The summed E-state index contributed by atoms with van der Waals surface area (Å²) in [6, 6.07) is 9.53. The molecule has 1 aromatic heterocycles. The number of nitrogens with zero attached hydrogens (tertiary/aromatic N) is 3. The van der Waals surface area contributed by atoms with E-state index in [0.717, 1.165) is 29.7 Å². The molecule has 1 atom stereocenters. The number of carbonyl (C=O) groups excluding carboxylic acids is 1. The standard InChI is InChI=1S/C26H33N5O4/c1-15(2)34-23-8-6-18(11-22(23)27)26-29-25(30-35-26)21-7-5-19-13-31(10-9-20(19)17(21)4)14-24(33)28-12-16(3)32/h5-8,11,15-16,32H,9-10,12-14,27H2,1-4H3,(H,28,33)/t16-/m1/s1. The zero-order chi connectivity index (χ0) is 25.1. The predicted molar refractivity (Wildman–Crippen MR) is 134 cm³/mol. The molecule has 3 aromatic rings. The maximum atomic E-state index is 12.1. The molecule has 0 fully saturated rings. The van der Waals surface area contributed by atoms with E-state index in [1.165, 1.54) is 11.1 Å². The molecule has 1 aliphatic rings. The second-order valence-electron chi connectivity index (χ2n) is 9.33. The lowest BCUT2D eigenvalue weighted by Crippen LogP contribution is -2.41. The van der Waals surface area contributed by atoms with E-state index in [0.29, 0.717) is 36.2 Å². The Morgan fingerprint density at radius 1 is 1.29 bits per heavy atom. The first-order chi connectivity index (χ1) is 16.7. The Morgan fingerprint density at radius 3 is 2.80 bits per heavy atom. The number of aromatic nitrogens is 2. The van der Waals surface area contributed by atoms with Crippen LogP contribution < -0.4 is 15.8 Å². The second-order valence-corrected chi connectivity index (χ2v) is 9.33. The molecule has 0 unspecified atom stereocenters. The van der Waals surface area contributed by atoms with Crippen molar-refractivity contribution in [2.24, 2.45) is 0 Å². The number of fused-ring (bicyclic) bond motifs is 1. The van der Waals surface area contributed by atoms with Crippen molar-refractivity contribution < 1.29 is 19.2 Å². The summed E-state index contributed by atoms with van der Waals surface area (Å²) in [6.45, 7) is 9.68. The van der Waals surface area contributed by atoms with Gasteiger partial charge in [-0.3, -0.25) is 9.69 Å². The SMILES string of the molecule is Cc1c(-c2noc(-c3ccc(OC(C)C)c(N)c3)n2)ccc2c1CCN(CC(=O)NC[C@@H](C)O)C2. The molecular formula is C26H33N5O4. The highest BCUT2D eigenvalue weighted by Gasteiger charge is 2.23. The summed E-state index contributed by atoms with van der Waals surface area (Å²) in [5, 5.41) is 16.3.